The summed E-state index contributed by atoms with van der Waals surface area (Å²) in [5.74, 6) is 5.04. The molecule has 0 aromatic rings. The molecule has 5 heteroatoms. The Morgan fingerprint density at radius 3 is 3.07 bits per heavy atom. The van der Waals surface area contributed by atoms with Gasteiger partial charge in [-0.05, 0) is 0 Å². The lowest BCUT2D eigenvalue weighted by Gasteiger charge is -2.31. The van der Waals surface area contributed by atoms with Gasteiger partial charge in [-0.2, -0.15) is 0 Å². The molecule has 0 radical (unpaired) electrons. The molecule has 0 saturated carbocycles. The maximum absolute atomic E-state index is 11.1. The van der Waals surface area contributed by atoms with Crippen LogP contribution < -0.4 is 21.1 Å². The molecule has 2 heterocycles. The topological polar surface area (TPSA) is 64.0 Å². The van der Waals surface area contributed by atoms with E-state index in [1.54, 1.807) is 4.90 Å². The third-order valence-corrected chi connectivity index (χ3v) is 3.53. The zero-order chi connectivity index (χ0) is 9.97. The summed E-state index contributed by atoms with van der Waals surface area (Å²) in [5, 5.41) is 0. The molecule has 14 heavy (non-hydrogen) atoms. The van der Waals surface area contributed by atoms with Gasteiger partial charge in [-0.15, -0.1) is 0 Å². The summed E-state index contributed by atoms with van der Waals surface area (Å²) in [4.78, 5) is 14.3. The molecule has 0 spiro atoms. The summed E-state index contributed by atoms with van der Waals surface area (Å²) in [6.45, 7) is 5.35. The third-order valence-electron chi connectivity index (χ3n) is 3.53. The van der Waals surface area contributed by atoms with Crippen molar-refractivity contribution in [3.05, 3.63) is 0 Å². The molecule has 2 rings (SSSR count). The van der Waals surface area contributed by atoms with Crippen LogP contribution >= 0.6 is 0 Å². The maximum Gasteiger partial charge on any atom is 0.289 e. The molecule has 80 valence electrons. The Hall–Kier alpha value is -0.650. The molecule has 0 bridgehead atoms. The molecular formula is C9H20N4O+2. The number of hydrogen-bond acceptors (Lipinski definition) is 2. The average molecular weight is 200 g/mol. The van der Waals surface area contributed by atoms with E-state index in [1.807, 2.05) is 0 Å². The molecule has 2 unspecified atom stereocenters. The van der Waals surface area contributed by atoms with Gasteiger partial charge in [-0.25, -0.2) is 5.84 Å². The number of amides is 1. The number of quaternary nitrogens is 2. The number of nitrogens with two attached hydrogens (primary N) is 1. The van der Waals surface area contributed by atoms with E-state index in [0.717, 1.165) is 19.1 Å². The van der Waals surface area contributed by atoms with Crippen molar-refractivity contribution in [1.82, 2.24) is 5.43 Å². The Morgan fingerprint density at radius 1 is 1.43 bits per heavy atom. The van der Waals surface area contributed by atoms with Crippen LogP contribution in [0, 0.1) is 0 Å². The van der Waals surface area contributed by atoms with Crippen LogP contribution in [0.4, 0.5) is 0 Å². The molecule has 1 amide bonds. The molecule has 2 aliphatic heterocycles. The summed E-state index contributed by atoms with van der Waals surface area (Å²) in [6, 6.07) is 0.796. The minimum absolute atomic E-state index is 0.0403. The van der Waals surface area contributed by atoms with Crippen molar-refractivity contribution in [2.75, 3.05) is 32.7 Å². The average Bonchev–Trinajstić information content (AvgIpc) is 2.64. The van der Waals surface area contributed by atoms with E-state index in [4.69, 9.17) is 5.84 Å². The highest BCUT2D eigenvalue weighted by Crippen LogP contribution is 1.98. The number of fused-ring (bicyclic) bond motifs is 1. The van der Waals surface area contributed by atoms with Crippen molar-refractivity contribution < 1.29 is 14.6 Å². The predicted octanol–water partition coefficient (Wildman–Crippen LogP) is -4.08. The summed E-state index contributed by atoms with van der Waals surface area (Å²) >= 11 is 0. The molecule has 5 N–H and O–H groups in total. The monoisotopic (exact) mass is 200 g/mol. The molecule has 2 aliphatic rings. The van der Waals surface area contributed by atoms with Crippen molar-refractivity contribution in [2.24, 2.45) is 5.84 Å². The van der Waals surface area contributed by atoms with E-state index in [-0.39, 0.29) is 5.91 Å². The highest BCUT2D eigenvalue weighted by atomic mass is 16.2. The van der Waals surface area contributed by atoms with Crippen molar-refractivity contribution >= 4 is 5.91 Å². The largest absolute Gasteiger partial charge is 0.323 e. The lowest BCUT2D eigenvalue weighted by Crippen LogP contribution is -3.30. The van der Waals surface area contributed by atoms with Crippen molar-refractivity contribution in [1.29, 1.82) is 0 Å². The fraction of sp³-hybridized carbons (Fsp3) is 0.889. The maximum atomic E-state index is 11.1. The fourth-order valence-electron chi connectivity index (χ4n) is 2.79. The van der Waals surface area contributed by atoms with Gasteiger partial charge in [0, 0.05) is 12.8 Å². The molecule has 0 aromatic heterocycles. The summed E-state index contributed by atoms with van der Waals surface area (Å²) in [6.07, 6.45) is 2.69. The number of hydrazine groups is 1. The van der Waals surface area contributed by atoms with Gasteiger partial charge in [-0.1, -0.05) is 0 Å². The normalized spacial score (nSPS) is 36.5. The molecular weight excluding hydrogens is 180 g/mol. The standard InChI is InChI=1S/C9H18N4O/c10-11-9(14)7-12-4-5-13-3-1-2-8(13)6-12/h8H,1-7,10H2,(H,11,14)/p+2/t8-/m0/s1. The fourth-order valence-corrected chi connectivity index (χ4v) is 2.79. The summed E-state index contributed by atoms with van der Waals surface area (Å²) in [5.41, 5.74) is 2.21. The first-order chi connectivity index (χ1) is 6.79. The molecule has 5 nitrogen and oxygen atoms in total. The smallest absolute Gasteiger partial charge is 0.289 e. The number of carbonyl (C=O) groups excluding carboxylic acids is 1. The van der Waals surface area contributed by atoms with Gasteiger partial charge < -0.3 is 9.80 Å². The highest BCUT2D eigenvalue weighted by molar-refractivity contribution is 5.76. The van der Waals surface area contributed by atoms with Crippen LogP contribution in [0.3, 0.4) is 0 Å². The van der Waals surface area contributed by atoms with Gasteiger partial charge >= 0.3 is 0 Å². The minimum Gasteiger partial charge on any atom is -0.323 e. The van der Waals surface area contributed by atoms with E-state index in [0.29, 0.717) is 6.54 Å². The van der Waals surface area contributed by atoms with Crippen LogP contribution in [-0.2, 0) is 4.79 Å². The first-order valence-electron chi connectivity index (χ1n) is 5.47. The summed E-state index contributed by atoms with van der Waals surface area (Å²) < 4.78 is 0. The SMILES string of the molecule is NNC(=O)C[NH+]1CC[NH+]2CCC[C@H]2C1. The second-order valence-electron chi connectivity index (χ2n) is 4.45. The van der Waals surface area contributed by atoms with Crippen molar-refractivity contribution in [3.8, 4) is 0 Å². The zero-order valence-corrected chi connectivity index (χ0v) is 8.51. The molecule has 2 fully saturated rings. The van der Waals surface area contributed by atoms with Crippen LogP contribution in [0.1, 0.15) is 12.8 Å². The molecule has 0 aliphatic carbocycles. The van der Waals surface area contributed by atoms with Crippen LogP contribution in [-0.4, -0.2) is 44.7 Å². The van der Waals surface area contributed by atoms with Crippen LogP contribution in [0.15, 0.2) is 0 Å². The van der Waals surface area contributed by atoms with E-state index < -0.39 is 0 Å². The van der Waals surface area contributed by atoms with Gasteiger partial charge in [0.1, 0.15) is 25.7 Å². The second-order valence-corrected chi connectivity index (χ2v) is 4.45. The number of nitrogens with one attached hydrogen (secondary N) is 3. The molecule has 0 aromatic carbocycles. The Kier molecular flexibility index (Phi) is 3.00. The van der Waals surface area contributed by atoms with E-state index in [1.165, 1.54) is 30.8 Å². The van der Waals surface area contributed by atoms with E-state index in [2.05, 4.69) is 5.43 Å². The lowest BCUT2D eigenvalue weighted by molar-refractivity contribution is -1.02. The van der Waals surface area contributed by atoms with Gasteiger partial charge in [0.05, 0.1) is 6.54 Å². The highest BCUT2D eigenvalue weighted by Gasteiger charge is 2.37. The van der Waals surface area contributed by atoms with Gasteiger partial charge in [0.15, 0.2) is 6.54 Å². The first kappa shape index (κ1) is 9.89. The van der Waals surface area contributed by atoms with Crippen molar-refractivity contribution in [2.45, 2.75) is 18.9 Å². The van der Waals surface area contributed by atoms with Crippen LogP contribution in [0.5, 0.6) is 0 Å². The van der Waals surface area contributed by atoms with E-state index in [9.17, 15) is 4.79 Å². The summed E-state index contributed by atoms with van der Waals surface area (Å²) in [7, 11) is 0. The zero-order valence-electron chi connectivity index (χ0n) is 8.51. The predicted molar refractivity (Wildman–Crippen MR) is 51.6 cm³/mol. The molecule has 2 saturated heterocycles. The number of hydrogen-bond donors (Lipinski definition) is 4. The Balaban J connectivity index is 1.82. The lowest BCUT2D eigenvalue weighted by atomic mass is 10.1. The van der Waals surface area contributed by atoms with Crippen LogP contribution in [0.2, 0.25) is 0 Å². The third kappa shape index (κ3) is 2.05. The number of carbonyl (C=O) groups is 1. The minimum atomic E-state index is -0.0403. The number of piperazine rings is 1. The second kappa shape index (κ2) is 4.25. The molecule has 3 atom stereocenters. The van der Waals surface area contributed by atoms with Gasteiger partial charge in [0.25, 0.3) is 5.91 Å². The van der Waals surface area contributed by atoms with Gasteiger partial charge in [-0.3, -0.25) is 10.2 Å². The Labute approximate surface area is 84.2 Å². The first-order valence-corrected chi connectivity index (χ1v) is 5.47. The number of rotatable bonds is 2. The Bertz CT molecular complexity index is 221. The van der Waals surface area contributed by atoms with Gasteiger partial charge in [0.2, 0.25) is 0 Å². The van der Waals surface area contributed by atoms with Crippen LogP contribution in [0.25, 0.3) is 0 Å². The van der Waals surface area contributed by atoms with E-state index >= 15 is 0 Å². The van der Waals surface area contributed by atoms with Crippen molar-refractivity contribution in [3.63, 3.8) is 0 Å². The Morgan fingerprint density at radius 2 is 2.29 bits per heavy atom. The quantitative estimate of drug-likeness (QED) is 0.208.